The zero-order valence-corrected chi connectivity index (χ0v) is 4.57. The van der Waals surface area contributed by atoms with Gasteiger partial charge in [0.2, 0.25) is 0 Å². The fraction of sp³-hybridized carbons (Fsp3) is 0.600. The molecular formula is C5H11NO. The summed E-state index contributed by atoms with van der Waals surface area (Å²) >= 11 is 0. The minimum absolute atomic E-state index is 0.00727. The van der Waals surface area contributed by atoms with Crippen LogP contribution in [0.1, 0.15) is 13.3 Å². The zero-order chi connectivity index (χ0) is 5.70. The van der Waals surface area contributed by atoms with Crippen molar-refractivity contribution in [1.29, 1.82) is 0 Å². The minimum atomic E-state index is -0.00727. The highest BCUT2D eigenvalue weighted by molar-refractivity contribution is 4.87. The number of hydrogen-bond acceptors (Lipinski definition) is 2. The molecule has 0 bridgehead atoms. The molecule has 0 amide bonds. The number of allylic oxidation sites excluding steroid dienone is 1. The maximum atomic E-state index is 8.20. The fourth-order valence-corrected chi connectivity index (χ4v) is 0.237. The highest BCUT2D eigenvalue weighted by Gasteiger charge is 1.80. The first-order valence-corrected chi connectivity index (χ1v) is 2.33. The molecule has 0 radical (unpaired) electrons. The lowest BCUT2D eigenvalue weighted by atomic mass is 10.4. The second kappa shape index (κ2) is 3.68. The fourth-order valence-electron chi connectivity index (χ4n) is 0.237. The van der Waals surface area contributed by atoms with Crippen LogP contribution in [0.25, 0.3) is 0 Å². The van der Waals surface area contributed by atoms with Gasteiger partial charge in [0.25, 0.3) is 0 Å². The molecule has 0 aliphatic rings. The van der Waals surface area contributed by atoms with Crippen molar-refractivity contribution < 1.29 is 5.11 Å². The number of aliphatic hydroxyl groups excluding tert-OH is 1. The molecule has 0 heterocycles. The van der Waals surface area contributed by atoms with Gasteiger partial charge in [-0.05, 0) is 6.42 Å². The van der Waals surface area contributed by atoms with Gasteiger partial charge in [0.05, 0.1) is 0 Å². The van der Waals surface area contributed by atoms with E-state index in [1.807, 2.05) is 6.92 Å². The average molecular weight is 101 g/mol. The van der Waals surface area contributed by atoms with Crippen molar-refractivity contribution in [2.24, 2.45) is 0 Å². The van der Waals surface area contributed by atoms with Crippen LogP contribution in [0, 0.1) is 0 Å². The van der Waals surface area contributed by atoms with Gasteiger partial charge in [-0.3, -0.25) is 0 Å². The van der Waals surface area contributed by atoms with Gasteiger partial charge in [0.1, 0.15) is 6.73 Å². The van der Waals surface area contributed by atoms with Crippen LogP contribution in [0.2, 0.25) is 0 Å². The normalized spacial score (nSPS) is 8.29. The zero-order valence-electron chi connectivity index (χ0n) is 4.57. The van der Waals surface area contributed by atoms with E-state index in [0.717, 1.165) is 12.1 Å². The Labute approximate surface area is 43.9 Å². The van der Waals surface area contributed by atoms with E-state index in [9.17, 15) is 0 Å². The molecule has 2 N–H and O–H groups in total. The van der Waals surface area contributed by atoms with E-state index in [0.29, 0.717) is 0 Å². The second-order valence-electron chi connectivity index (χ2n) is 1.29. The molecular weight excluding hydrogens is 90.1 g/mol. The Hall–Kier alpha value is -0.500. The summed E-state index contributed by atoms with van der Waals surface area (Å²) in [6.07, 6.45) is 0.876. The summed E-state index contributed by atoms with van der Waals surface area (Å²) < 4.78 is 0. The summed E-state index contributed by atoms with van der Waals surface area (Å²) in [4.78, 5) is 0. The van der Waals surface area contributed by atoms with Crippen molar-refractivity contribution in [2.45, 2.75) is 13.3 Å². The SMILES string of the molecule is C=C(CC)NCO. The Bertz CT molecular complexity index is 61.1. The lowest BCUT2D eigenvalue weighted by Gasteiger charge is -1.99. The van der Waals surface area contributed by atoms with E-state index in [4.69, 9.17) is 5.11 Å². The van der Waals surface area contributed by atoms with Crippen molar-refractivity contribution >= 4 is 0 Å². The third kappa shape index (κ3) is 3.33. The van der Waals surface area contributed by atoms with Gasteiger partial charge >= 0.3 is 0 Å². The first kappa shape index (κ1) is 6.50. The molecule has 0 aliphatic carbocycles. The van der Waals surface area contributed by atoms with Crippen molar-refractivity contribution in [3.05, 3.63) is 12.3 Å². The van der Waals surface area contributed by atoms with E-state index in [1.165, 1.54) is 0 Å². The molecule has 0 aliphatic heterocycles. The van der Waals surface area contributed by atoms with Crippen LogP contribution in [-0.4, -0.2) is 11.8 Å². The molecule has 0 saturated carbocycles. The van der Waals surface area contributed by atoms with E-state index in [2.05, 4.69) is 11.9 Å². The largest absolute Gasteiger partial charge is 0.377 e. The van der Waals surface area contributed by atoms with Crippen LogP contribution >= 0.6 is 0 Å². The van der Waals surface area contributed by atoms with Crippen LogP contribution in [0.5, 0.6) is 0 Å². The Balaban J connectivity index is 3.00. The number of hydrogen-bond donors (Lipinski definition) is 2. The lowest BCUT2D eigenvalue weighted by molar-refractivity contribution is 0.273. The quantitative estimate of drug-likeness (QED) is 0.506. The van der Waals surface area contributed by atoms with Crippen molar-refractivity contribution in [2.75, 3.05) is 6.73 Å². The lowest BCUT2D eigenvalue weighted by Crippen LogP contribution is -2.11. The Morgan fingerprint density at radius 1 is 1.86 bits per heavy atom. The van der Waals surface area contributed by atoms with E-state index in [1.54, 1.807) is 0 Å². The van der Waals surface area contributed by atoms with E-state index in [-0.39, 0.29) is 6.73 Å². The molecule has 2 nitrogen and oxygen atoms in total. The van der Waals surface area contributed by atoms with Crippen molar-refractivity contribution in [3.8, 4) is 0 Å². The summed E-state index contributed by atoms with van der Waals surface area (Å²) in [5.41, 5.74) is 0.877. The first-order chi connectivity index (χ1) is 3.31. The smallest absolute Gasteiger partial charge is 0.113 e. The van der Waals surface area contributed by atoms with Gasteiger partial charge < -0.3 is 10.4 Å². The van der Waals surface area contributed by atoms with Crippen LogP contribution in [0.15, 0.2) is 12.3 Å². The maximum Gasteiger partial charge on any atom is 0.113 e. The number of rotatable bonds is 3. The monoisotopic (exact) mass is 101 g/mol. The summed E-state index contributed by atoms with van der Waals surface area (Å²) in [5.74, 6) is 0. The molecule has 0 aromatic rings. The third-order valence-electron chi connectivity index (χ3n) is 0.756. The van der Waals surface area contributed by atoms with Gasteiger partial charge in [0.15, 0.2) is 0 Å². The first-order valence-electron chi connectivity index (χ1n) is 2.33. The van der Waals surface area contributed by atoms with Gasteiger partial charge in [-0.2, -0.15) is 0 Å². The summed E-state index contributed by atoms with van der Waals surface area (Å²) in [7, 11) is 0. The molecule has 42 valence electrons. The Kier molecular flexibility index (Phi) is 3.42. The predicted molar refractivity (Wildman–Crippen MR) is 29.7 cm³/mol. The van der Waals surface area contributed by atoms with Gasteiger partial charge in [-0.15, -0.1) is 0 Å². The van der Waals surface area contributed by atoms with Crippen LogP contribution in [-0.2, 0) is 0 Å². The van der Waals surface area contributed by atoms with E-state index < -0.39 is 0 Å². The summed E-state index contributed by atoms with van der Waals surface area (Å²) in [5, 5.41) is 10.9. The highest BCUT2D eigenvalue weighted by Crippen LogP contribution is 1.86. The predicted octanol–water partition coefficient (Wildman–Crippen LogP) is 0.450. The molecule has 0 atom stereocenters. The molecule has 0 unspecified atom stereocenters. The molecule has 0 rings (SSSR count). The summed E-state index contributed by atoms with van der Waals surface area (Å²) in [6, 6.07) is 0. The third-order valence-corrected chi connectivity index (χ3v) is 0.756. The molecule has 7 heavy (non-hydrogen) atoms. The summed E-state index contributed by atoms with van der Waals surface area (Å²) in [6.45, 7) is 5.56. The Morgan fingerprint density at radius 3 is 2.57 bits per heavy atom. The molecule has 0 spiro atoms. The maximum absolute atomic E-state index is 8.20. The topological polar surface area (TPSA) is 32.3 Å². The Morgan fingerprint density at radius 2 is 2.43 bits per heavy atom. The molecule has 0 aromatic heterocycles. The molecule has 0 saturated heterocycles. The second-order valence-corrected chi connectivity index (χ2v) is 1.29. The number of aliphatic hydroxyl groups is 1. The van der Waals surface area contributed by atoms with Crippen molar-refractivity contribution in [1.82, 2.24) is 5.32 Å². The van der Waals surface area contributed by atoms with Gasteiger partial charge in [-0.25, -0.2) is 0 Å². The van der Waals surface area contributed by atoms with Crippen LogP contribution < -0.4 is 5.32 Å². The minimum Gasteiger partial charge on any atom is -0.377 e. The standard InChI is InChI=1S/C5H11NO/c1-3-5(2)6-4-7/h6-7H,2-4H2,1H3. The van der Waals surface area contributed by atoms with Gasteiger partial charge in [-0.1, -0.05) is 13.5 Å². The highest BCUT2D eigenvalue weighted by atomic mass is 16.3. The van der Waals surface area contributed by atoms with Crippen LogP contribution in [0.3, 0.4) is 0 Å². The molecule has 2 heteroatoms. The van der Waals surface area contributed by atoms with Crippen LogP contribution in [0.4, 0.5) is 0 Å². The molecule has 0 aromatic carbocycles. The van der Waals surface area contributed by atoms with Gasteiger partial charge in [0, 0.05) is 5.70 Å². The van der Waals surface area contributed by atoms with E-state index >= 15 is 0 Å². The van der Waals surface area contributed by atoms with Crippen molar-refractivity contribution in [3.63, 3.8) is 0 Å². The average Bonchev–Trinajstić information content (AvgIpc) is 1.68. The number of nitrogens with one attached hydrogen (secondary N) is 1. The molecule has 0 fully saturated rings.